The largest absolute Gasteiger partial charge is 0.388 e. The van der Waals surface area contributed by atoms with Crippen LogP contribution in [0.1, 0.15) is 50.7 Å². The fraction of sp³-hybridized carbons (Fsp3) is 0.538. The molecule has 3 heteroatoms. The van der Waals surface area contributed by atoms with Crippen LogP contribution in [0.3, 0.4) is 0 Å². The van der Waals surface area contributed by atoms with E-state index in [1.54, 1.807) is 12.1 Å². The van der Waals surface area contributed by atoms with Gasteiger partial charge in [0, 0.05) is 10.0 Å². The Kier molecular flexibility index (Phi) is 5.99. The molecule has 0 amide bonds. The minimum atomic E-state index is -0.676. The monoisotopic (exact) mass is 288 g/mol. The predicted molar refractivity (Wildman–Crippen MR) is 67.8 cm³/mol. The maximum Gasteiger partial charge on any atom is 0.130 e. The summed E-state index contributed by atoms with van der Waals surface area (Å²) in [4.78, 5) is 0. The second-order valence-electron chi connectivity index (χ2n) is 4.03. The molecule has 0 bridgehead atoms. The highest BCUT2D eigenvalue weighted by Gasteiger charge is 2.12. The molecule has 1 N–H and O–H groups in total. The number of hydrogen-bond acceptors (Lipinski definition) is 1. The highest BCUT2D eigenvalue weighted by Crippen LogP contribution is 2.24. The third-order valence-electron chi connectivity index (χ3n) is 2.65. The van der Waals surface area contributed by atoms with E-state index < -0.39 is 6.10 Å². The van der Waals surface area contributed by atoms with Crippen LogP contribution < -0.4 is 0 Å². The van der Waals surface area contributed by atoms with Crippen molar-refractivity contribution >= 4 is 15.9 Å². The van der Waals surface area contributed by atoms with Crippen molar-refractivity contribution in [2.45, 2.75) is 45.1 Å². The Morgan fingerprint density at radius 2 is 2.06 bits per heavy atom. The highest BCUT2D eigenvalue weighted by atomic mass is 79.9. The normalized spacial score (nSPS) is 12.8. The third kappa shape index (κ3) is 4.22. The molecule has 0 saturated heterocycles. The van der Waals surface area contributed by atoms with Crippen LogP contribution in [0.4, 0.5) is 4.39 Å². The van der Waals surface area contributed by atoms with Gasteiger partial charge in [-0.2, -0.15) is 0 Å². The summed E-state index contributed by atoms with van der Waals surface area (Å²) in [5.74, 6) is -0.336. The van der Waals surface area contributed by atoms with E-state index >= 15 is 0 Å². The minimum Gasteiger partial charge on any atom is -0.388 e. The van der Waals surface area contributed by atoms with Crippen molar-refractivity contribution < 1.29 is 9.50 Å². The van der Waals surface area contributed by atoms with Crippen molar-refractivity contribution in [2.24, 2.45) is 0 Å². The van der Waals surface area contributed by atoms with Crippen molar-refractivity contribution in [3.05, 3.63) is 34.1 Å². The van der Waals surface area contributed by atoms with E-state index in [0.29, 0.717) is 16.5 Å². The number of aliphatic hydroxyl groups excluding tert-OH is 1. The van der Waals surface area contributed by atoms with Gasteiger partial charge >= 0.3 is 0 Å². The van der Waals surface area contributed by atoms with Gasteiger partial charge in [-0.15, -0.1) is 0 Å². The van der Waals surface area contributed by atoms with Gasteiger partial charge in [0.15, 0.2) is 0 Å². The van der Waals surface area contributed by atoms with E-state index in [9.17, 15) is 9.50 Å². The summed E-state index contributed by atoms with van der Waals surface area (Å²) in [6, 6.07) is 4.79. The molecule has 0 aromatic heterocycles. The van der Waals surface area contributed by atoms with Crippen molar-refractivity contribution in [1.29, 1.82) is 0 Å². The molecule has 16 heavy (non-hydrogen) atoms. The van der Waals surface area contributed by atoms with Gasteiger partial charge < -0.3 is 5.11 Å². The quantitative estimate of drug-likeness (QED) is 0.759. The lowest BCUT2D eigenvalue weighted by Gasteiger charge is -2.11. The summed E-state index contributed by atoms with van der Waals surface area (Å²) >= 11 is 3.20. The van der Waals surface area contributed by atoms with Gasteiger partial charge in [0.05, 0.1) is 6.10 Å². The summed E-state index contributed by atoms with van der Waals surface area (Å²) in [5.41, 5.74) is 0.402. The molecule has 1 nitrogen and oxygen atoms in total. The first kappa shape index (κ1) is 13.7. The molecule has 0 spiro atoms. The van der Waals surface area contributed by atoms with Crippen LogP contribution in [0.15, 0.2) is 22.7 Å². The van der Waals surface area contributed by atoms with Crippen molar-refractivity contribution in [2.75, 3.05) is 0 Å². The number of halogens is 2. The Morgan fingerprint density at radius 3 is 2.69 bits per heavy atom. The van der Waals surface area contributed by atoms with Gasteiger partial charge in [0.1, 0.15) is 5.82 Å². The summed E-state index contributed by atoms with van der Waals surface area (Å²) in [7, 11) is 0. The van der Waals surface area contributed by atoms with Gasteiger partial charge in [-0.05, 0) is 18.6 Å². The van der Waals surface area contributed by atoms with E-state index in [1.165, 1.54) is 18.9 Å². The molecule has 90 valence electrons. The molecule has 1 unspecified atom stereocenters. The predicted octanol–water partition coefficient (Wildman–Crippen LogP) is 4.59. The zero-order chi connectivity index (χ0) is 12.0. The number of rotatable bonds is 6. The number of hydrogen-bond donors (Lipinski definition) is 1. The number of unbranched alkanes of at least 4 members (excludes halogenated alkanes) is 3. The van der Waals surface area contributed by atoms with Crippen molar-refractivity contribution in [1.82, 2.24) is 0 Å². The zero-order valence-corrected chi connectivity index (χ0v) is 11.1. The highest BCUT2D eigenvalue weighted by molar-refractivity contribution is 9.10. The van der Waals surface area contributed by atoms with Crippen LogP contribution in [0.25, 0.3) is 0 Å². The third-order valence-corrected chi connectivity index (χ3v) is 3.15. The second-order valence-corrected chi connectivity index (χ2v) is 4.95. The van der Waals surface area contributed by atoms with Gasteiger partial charge in [0.2, 0.25) is 0 Å². The lowest BCUT2D eigenvalue weighted by Crippen LogP contribution is -2.00. The molecular formula is C13H18BrFO. The van der Waals surface area contributed by atoms with Crippen LogP contribution >= 0.6 is 15.9 Å². The number of aliphatic hydroxyl groups is 1. The average molecular weight is 289 g/mol. The van der Waals surface area contributed by atoms with Crippen LogP contribution in [0.2, 0.25) is 0 Å². The molecule has 0 heterocycles. The van der Waals surface area contributed by atoms with Gasteiger partial charge in [0.25, 0.3) is 0 Å². The Labute approximate surface area is 105 Å². The van der Waals surface area contributed by atoms with Crippen molar-refractivity contribution in [3.8, 4) is 0 Å². The van der Waals surface area contributed by atoms with Crippen molar-refractivity contribution in [3.63, 3.8) is 0 Å². The maximum absolute atomic E-state index is 13.5. The molecule has 1 aromatic carbocycles. The van der Waals surface area contributed by atoms with E-state index in [2.05, 4.69) is 22.9 Å². The summed E-state index contributed by atoms with van der Waals surface area (Å²) in [5, 5.41) is 9.84. The molecule has 0 aliphatic rings. The van der Waals surface area contributed by atoms with E-state index in [0.717, 1.165) is 12.8 Å². The van der Waals surface area contributed by atoms with Gasteiger partial charge in [-0.25, -0.2) is 4.39 Å². The summed E-state index contributed by atoms with van der Waals surface area (Å²) in [6.07, 6.45) is 4.36. The van der Waals surface area contributed by atoms with Crippen LogP contribution in [-0.4, -0.2) is 5.11 Å². The second kappa shape index (κ2) is 7.02. The van der Waals surface area contributed by atoms with Crippen LogP contribution in [0.5, 0.6) is 0 Å². The molecule has 1 atom stereocenters. The fourth-order valence-corrected chi connectivity index (χ4v) is 2.02. The first-order valence-corrected chi connectivity index (χ1v) is 6.57. The van der Waals surface area contributed by atoms with E-state index in [1.807, 2.05) is 0 Å². The number of benzene rings is 1. The molecule has 0 fully saturated rings. The zero-order valence-electron chi connectivity index (χ0n) is 9.55. The standard InChI is InChI=1S/C13H18BrFO/c1-2-3-4-5-6-13(16)11-8-7-10(14)9-12(11)15/h7-9,13,16H,2-6H2,1H3. The molecule has 0 saturated carbocycles. The fourth-order valence-electron chi connectivity index (χ4n) is 1.69. The van der Waals surface area contributed by atoms with Crippen LogP contribution in [-0.2, 0) is 0 Å². The lowest BCUT2D eigenvalue weighted by molar-refractivity contribution is 0.159. The maximum atomic E-state index is 13.5. The smallest absolute Gasteiger partial charge is 0.130 e. The molecule has 0 aliphatic heterocycles. The van der Waals surface area contributed by atoms with Crippen LogP contribution in [0, 0.1) is 5.82 Å². The van der Waals surface area contributed by atoms with E-state index in [4.69, 9.17) is 0 Å². The average Bonchev–Trinajstić information content (AvgIpc) is 2.24. The Morgan fingerprint density at radius 1 is 1.31 bits per heavy atom. The summed E-state index contributed by atoms with van der Waals surface area (Å²) < 4.78 is 14.2. The Bertz CT molecular complexity index is 328. The molecule has 0 aliphatic carbocycles. The van der Waals surface area contributed by atoms with Gasteiger partial charge in [-0.3, -0.25) is 0 Å². The lowest BCUT2D eigenvalue weighted by atomic mass is 10.0. The molecule has 0 radical (unpaired) electrons. The first-order valence-electron chi connectivity index (χ1n) is 5.78. The molecular weight excluding hydrogens is 271 g/mol. The Hall–Kier alpha value is -0.410. The van der Waals surface area contributed by atoms with E-state index in [-0.39, 0.29) is 5.82 Å². The minimum absolute atomic E-state index is 0.336. The molecule has 1 aromatic rings. The Balaban J connectivity index is 2.49. The topological polar surface area (TPSA) is 20.2 Å². The SMILES string of the molecule is CCCCCCC(O)c1ccc(Br)cc1F. The molecule has 1 rings (SSSR count). The summed E-state index contributed by atoms with van der Waals surface area (Å²) in [6.45, 7) is 2.14. The van der Waals surface area contributed by atoms with Gasteiger partial charge in [-0.1, -0.05) is 54.6 Å². The first-order chi connectivity index (χ1) is 7.65.